The Hall–Kier alpha value is -1.73. The van der Waals surface area contributed by atoms with E-state index in [1.54, 1.807) is 11.6 Å². The van der Waals surface area contributed by atoms with Crippen LogP contribution in [0.3, 0.4) is 0 Å². The van der Waals surface area contributed by atoms with Gasteiger partial charge in [0.15, 0.2) is 10.8 Å². The number of hydrogen-bond acceptors (Lipinski definition) is 5. The Morgan fingerprint density at radius 2 is 2.33 bits per heavy atom. The first-order valence-corrected chi connectivity index (χ1v) is 4.30. The smallest absolute Gasteiger partial charge is 0.312 e. The zero-order valence-electron chi connectivity index (χ0n) is 7.60. The van der Waals surface area contributed by atoms with Crippen molar-refractivity contribution in [2.24, 2.45) is 7.05 Å². The second kappa shape index (κ2) is 3.44. The van der Waals surface area contributed by atoms with Crippen molar-refractivity contribution in [1.82, 2.24) is 25.0 Å². The van der Waals surface area contributed by atoms with Gasteiger partial charge in [-0.15, -0.1) is 0 Å². The molecule has 0 saturated heterocycles. The molecule has 2 rings (SSSR count). The van der Waals surface area contributed by atoms with Crippen LogP contribution in [-0.4, -0.2) is 30.6 Å². The van der Waals surface area contributed by atoms with E-state index < -0.39 is 5.91 Å². The number of amides is 1. The first-order valence-electron chi connectivity index (χ1n) is 3.92. The van der Waals surface area contributed by atoms with Gasteiger partial charge in [0.05, 0.1) is 6.33 Å². The normalized spacial score (nSPS) is 10.6. The lowest BCUT2D eigenvalue weighted by atomic mass is 10.5. The largest absolute Gasteiger partial charge is 0.330 e. The van der Waals surface area contributed by atoms with E-state index in [4.69, 9.17) is 16.8 Å². The number of carbonyl (C=O) groups excluding carboxylic acids is 1. The number of rotatable bonds is 1. The lowest BCUT2D eigenvalue weighted by Gasteiger charge is -1.99. The Kier molecular flexibility index (Phi) is 2.25. The number of carbonyl (C=O) groups is 1. The number of nitrogens with zero attached hydrogens (tertiary/aromatic N) is 4. The highest BCUT2D eigenvalue weighted by Gasteiger charge is 2.14. The Labute approximate surface area is 88.7 Å². The molecule has 0 fully saturated rings. The van der Waals surface area contributed by atoms with Gasteiger partial charge in [0.2, 0.25) is 5.82 Å². The first kappa shape index (κ1) is 9.81. The second-order valence-corrected chi connectivity index (χ2v) is 3.16. The number of imidazole rings is 1. The molecule has 0 aliphatic rings. The van der Waals surface area contributed by atoms with Gasteiger partial charge in [0, 0.05) is 7.05 Å². The van der Waals surface area contributed by atoms with Crippen molar-refractivity contribution in [2.75, 3.05) is 0 Å². The van der Waals surface area contributed by atoms with Crippen LogP contribution in [-0.2, 0) is 7.05 Å². The van der Waals surface area contributed by atoms with Gasteiger partial charge in [0.25, 0.3) is 0 Å². The molecular formula is C7H6ClN5O2. The number of aromatic nitrogens is 4. The molecule has 7 nitrogen and oxygen atoms in total. The molecular weight excluding hydrogens is 222 g/mol. The van der Waals surface area contributed by atoms with Crippen LogP contribution in [0.15, 0.2) is 6.33 Å². The van der Waals surface area contributed by atoms with Crippen LogP contribution in [0.1, 0.15) is 10.6 Å². The summed E-state index contributed by atoms with van der Waals surface area (Å²) >= 11 is 5.84. The summed E-state index contributed by atoms with van der Waals surface area (Å²) in [5.74, 6) is -1.06. The van der Waals surface area contributed by atoms with Crippen molar-refractivity contribution in [3.63, 3.8) is 0 Å². The molecule has 0 bridgehead atoms. The number of aryl methyl sites for hydroxylation is 1. The maximum Gasteiger partial charge on any atom is 0.312 e. The van der Waals surface area contributed by atoms with E-state index in [1.165, 1.54) is 11.8 Å². The lowest BCUT2D eigenvalue weighted by molar-refractivity contribution is 0.0695. The summed E-state index contributed by atoms with van der Waals surface area (Å²) in [4.78, 5) is 22.5. The number of hydrogen-bond donors (Lipinski definition) is 2. The average Bonchev–Trinajstić information content (AvgIpc) is 2.59. The van der Waals surface area contributed by atoms with Crippen LogP contribution in [0.25, 0.3) is 11.2 Å². The van der Waals surface area contributed by atoms with Crippen molar-refractivity contribution in [1.29, 1.82) is 0 Å². The molecule has 0 radical (unpaired) electrons. The molecule has 2 aromatic rings. The molecule has 2 heterocycles. The Morgan fingerprint density at radius 3 is 3.00 bits per heavy atom. The lowest BCUT2D eigenvalue weighted by Crippen LogP contribution is -2.21. The monoisotopic (exact) mass is 227 g/mol. The van der Waals surface area contributed by atoms with Gasteiger partial charge in [-0.25, -0.2) is 20.4 Å². The molecule has 0 aromatic carbocycles. The van der Waals surface area contributed by atoms with E-state index in [2.05, 4.69) is 15.0 Å². The van der Waals surface area contributed by atoms with E-state index in [0.29, 0.717) is 11.2 Å². The fraction of sp³-hybridized carbons (Fsp3) is 0.143. The summed E-state index contributed by atoms with van der Waals surface area (Å²) in [7, 11) is 1.73. The highest BCUT2D eigenvalue weighted by Crippen LogP contribution is 2.18. The van der Waals surface area contributed by atoms with Gasteiger partial charge >= 0.3 is 5.91 Å². The average molecular weight is 228 g/mol. The highest BCUT2D eigenvalue weighted by molar-refractivity contribution is 6.33. The molecule has 8 heteroatoms. The predicted octanol–water partition coefficient (Wildman–Crippen LogP) is 0.136. The molecule has 2 N–H and O–H groups in total. The Morgan fingerprint density at radius 1 is 1.60 bits per heavy atom. The van der Waals surface area contributed by atoms with Crippen LogP contribution in [0.5, 0.6) is 0 Å². The topological polar surface area (TPSA) is 92.9 Å². The molecule has 0 unspecified atom stereocenters. The van der Waals surface area contributed by atoms with E-state index in [9.17, 15) is 4.79 Å². The van der Waals surface area contributed by atoms with Crippen molar-refractivity contribution >= 4 is 28.7 Å². The number of hydroxylamine groups is 1. The van der Waals surface area contributed by atoms with E-state index in [-0.39, 0.29) is 11.0 Å². The molecule has 0 aliphatic carbocycles. The van der Waals surface area contributed by atoms with Gasteiger partial charge in [-0.2, -0.15) is 0 Å². The van der Waals surface area contributed by atoms with E-state index in [0.717, 1.165) is 0 Å². The molecule has 0 atom stereocenters. The summed E-state index contributed by atoms with van der Waals surface area (Å²) in [6.07, 6.45) is 1.51. The summed E-state index contributed by atoms with van der Waals surface area (Å²) in [5.41, 5.74) is 2.26. The van der Waals surface area contributed by atoms with E-state index >= 15 is 0 Å². The van der Waals surface area contributed by atoms with E-state index in [1.807, 2.05) is 0 Å². The SMILES string of the molecule is Cn1cnc2nc(C(=O)NO)nc(Cl)c21. The minimum atomic E-state index is -0.829. The third-order valence-corrected chi connectivity index (χ3v) is 2.10. The number of halogens is 1. The molecule has 78 valence electrons. The fourth-order valence-corrected chi connectivity index (χ4v) is 1.46. The minimum absolute atomic E-state index is 0.110. The molecule has 0 spiro atoms. The van der Waals surface area contributed by atoms with Crippen LogP contribution in [0.4, 0.5) is 0 Å². The molecule has 0 saturated carbocycles. The van der Waals surface area contributed by atoms with Crippen LogP contribution in [0, 0.1) is 0 Å². The van der Waals surface area contributed by atoms with Crippen molar-refractivity contribution in [3.8, 4) is 0 Å². The highest BCUT2D eigenvalue weighted by atomic mass is 35.5. The van der Waals surface area contributed by atoms with Crippen LogP contribution in [0.2, 0.25) is 5.15 Å². The number of nitrogens with one attached hydrogen (secondary N) is 1. The van der Waals surface area contributed by atoms with Gasteiger partial charge < -0.3 is 4.57 Å². The third kappa shape index (κ3) is 1.51. The van der Waals surface area contributed by atoms with Gasteiger partial charge in [-0.3, -0.25) is 10.0 Å². The Bertz CT molecular complexity index is 537. The van der Waals surface area contributed by atoms with Crippen molar-refractivity contribution in [3.05, 3.63) is 17.3 Å². The predicted molar refractivity (Wildman–Crippen MR) is 50.6 cm³/mol. The molecule has 2 aromatic heterocycles. The van der Waals surface area contributed by atoms with Gasteiger partial charge in [0.1, 0.15) is 5.52 Å². The first-order chi connectivity index (χ1) is 7.13. The summed E-state index contributed by atoms with van der Waals surface area (Å²) < 4.78 is 1.64. The molecule has 0 aliphatic heterocycles. The summed E-state index contributed by atoms with van der Waals surface area (Å²) in [5, 5.41) is 8.52. The summed E-state index contributed by atoms with van der Waals surface area (Å²) in [6.45, 7) is 0. The minimum Gasteiger partial charge on any atom is -0.330 e. The molecule has 1 amide bonds. The standard InChI is InChI=1S/C7H6ClN5O2/c1-13-2-9-5-3(13)4(8)10-6(11-5)7(14)12-15/h2,15H,1H3,(H,12,14). The van der Waals surface area contributed by atoms with Crippen molar-refractivity contribution < 1.29 is 10.0 Å². The number of fused-ring (bicyclic) bond motifs is 1. The Balaban J connectivity index is 2.68. The quantitative estimate of drug-likeness (QED) is 0.411. The second-order valence-electron chi connectivity index (χ2n) is 2.81. The van der Waals surface area contributed by atoms with Crippen LogP contribution >= 0.6 is 11.6 Å². The summed E-state index contributed by atoms with van der Waals surface area (Å²) in [6, 6.07) is 0. The van der Waals surface area contributed by atoms with Crippen molar-refractivity contribution in [2.45, 2.75) is 0 Å². The maximum absolute atomic E-state index is 11.0. The van der Waals surface area contributed by atoms with Crippen LogP contribution < -0.4 is 5.48 Å². The zero-order chi connectivity index (χ0) is 11.0. The third-order valence-electron chi connectivity index (χ3n) is 1.83. The zero-order valence-corrected chi connectivity index (χ0v) is 8.36. The maximum atomic E-state index is 11.0. The molecule has 15 heavy (non-hydrogen) atoms. The van der Waals surface area contributed by atoms with Gasteiger partial charge in [-0.1, -0.05) is 11.6 Å². The fourth-order valence-electron chi connectivity index (χ4n) is 1.16. The van der Waals surface area contributed by atoms with Gasteiger partial charge in [-0.05, 0) is 0 Å².